The Hall–Kier alpha value is -0.290. The van der Waals surface area contributed by atoms with Gasteiger partial charge in [-0.1, -0.05) is 15.9 Å². The van der Waals surface area contributed by atoms with Crippen molar-refractivity contribution in [3.8, 4) is 0 Å². The third-order valence-electron chi connectivity index (χ3n) is 1.46. The van der Waals surface area contributed by atoms with Gasteiger partial charge < -0.3 is 11.1 Å². The number of rotatable bonds is 0. The first-order valence-electron chi connectivity index (χ1n) is 3.36. The van der Waals surface area contributed by atoms with E-state index in [0.717, 1.165) is 4.48 Å². The topological polar surface area (TPSA) is 61.9 Å². The molecule has 1 unspecified atom stereocenters. The summed E-state index contributed by atoms with van der Waals surface area (Å²) in [7, 11) is 0. The van der Waals surface area contributed by atoms with Crippen molar-refractivity contribution in [3.05, 3.63) is 22.0 Å². The van der Waals surface area contributed by atoms with Crippen molar-refractivity contribution in [3.63, 3.8) is 0 Å². The molecule has 66 valence electrons. The summed E-state index contributed by atoms with van der Waals surface area (Å²) < 4.78 is 0.753. The Morgan fingerprint density at radius 1 is 1.75 bits per heavy atom. The minimum atomic E-state index is 0.0366. The SMILES string of the molecule is CC(N)=C1NC(Br)C=C(Br)C1=N. The van der Waals surface area contributed by atoms with Crippen molar-refractivity contribution in [2.75, 3.05) is 0 Å². The Labute approximate surface area is 87.9 Å². The minimum absolute atomic E-state index is 0.0366. The van der Waals surface area contributed by atoms with Gasteiger partial charge in [-0.05, 0) is 28.9 Å². The highest BCUT2D eigenvalue weighted by Crippen LogP contribution is 2.21. The van der Waals surface area contributed by atoms with Gasteiger partial charge in [-0.15, -0.1) is 0 Å². The van der Waals surface area contributed by atoms with Crippen LogP contribution in [0.3, 0.4) is 0 Å². The smallest absolute Gasteiger partial charge is 0.102 e. The number of alkyl halides is 1. The van der Waals surface area contributed by atoms with Crippen LogP contribution in [0.5, 0.6) is 0 Å². The van der Waals surface area contributed by atoms with Crippen LogP contribution in [0.25, 0.3) is 0 Å². The van der Waals surface area contributed by atoms with E-state index in [2.05, 4.69) is 37.2 Å². The second kappa shape index (κ2) is 3.62. The van der Waals surface area contributed by atoms with Gasteiger partial charge in [-0.3, -0.25) is 5.41 Å². The molecule has 0 radical (unpaired) electrons. The van der Waals surface area contributed by atoms with Gasteiger partial charge in [0.1, 0.15) is 4.95 Å². The summed E-state index contributed by atoms with van der Waals surface area (Å²) in [6, 6.07) is 0. The molecule has 1 heterocycles. The molecule has 12 heavy (non-hydrogen) atoms. The van der Waals surface area contributed by atoms with Gasteiger partial charge in [-0.2, -0.15) is 0 Å². The quantitative estimate of drug-likeness (QED) is 0.471. The highest BCUT2D eigenvalue weighted by atomic mass is 79.9. The van der Waals surface area contributed by atoms with Gasteiger partial charge in [-0.25, -0.2) is 0 Å². The molecule has 4 N–H and O–H groups in total. The highest BCUT2D eigenvalue weighted by molar-refractivity contribution is 9.12. The highest BCUT2D eigenvalue weighted by Gasteiger charge is 2.19. The van der Waals surface area contributed by atoms with Crippen molar-refractivity contribution in [1.29, 1.82) is 5.41 Å². The maximum absolute atomic E-state index is 7.64. The third-order valence-corrected chi connectivity index (χ3v) is 2.61. The van der Waals surface area contributed by atoms with Gasteiger partial charge in [0.05, 0.1) is 11.4 Å². The summed E-state index contributed by atoms with van der Waals surface area (Å²) in [5, 5.41) is 10.7. The van der Waals surface area contributed by atoms with E-state index < -0.39 is 0 Å². The molecule has 0 aliphatic carbocycles. The Balaban J connectivity index is 3.06. The molecule has 5 heteroatoms. The number of nitrogens with two attached hydrogens (primary N) is 1. The fraction of sp³-hybridized carbons (Fsp3) is 0.286. The van der Waals surface area contributed by atoms with Crippen molar-refractivity contribution in [2.45, 2.75) is 11.9 Å². The van der Waals surface area contributed by atoms with Gasteiger partial charge in [0.2, 0.25) is 0 Å². The van der Waals surface area contributed by atoms with Crippen LogP contribution in [0.2, 0.25) is 0 Å². The second-order valence-corrected chi connectivity index (χ2v) is 4.33. The lowest BCUT2D eigenvalue weighted by Gasteiger charge is -2.21. The summed E-state index contributed by atoms with van der Waals surface area (Å²) in [5.74, 6) is 0. The fourth-order valence-electron chi connectivity index (χ4n) is 0.894. The van der Waals surface area contributed by atoms with E-state index in [-0.39, 0.29) is 4.95 Å². The van der Waals surface area contributed by atoms with E-state index >= 15 is 0 Å². The molecule has 0 aromatic carbocycles. The van der Waals surface area contributed by atoms with Gasteiger partial charge in [0, 0.05) is 10.2 Å². The molecule has 1 rings (SSSR count). The molecule has 0 saturated heterocycles. The minimum Gasteiger partial charge on any atom is -0.401 e. The summed E-state index contributed by atoms with van der Waals surface area (Å²) in [4.78, 5) is 0.0366. The normalized spacial score (nSPS) is 27.8. The predicted molar refractivity (Wildman–Crippen MR) is 57.5 cm³/mol. The molecule has 1 atom stereocenters. The number of nitrogens with one attached hydrogen (secondary N) is 2. The standard InChI is InChI=1S/C7H9Br2N3/c1-3(10)7-6(11)4(8)2-5(9)12-7/h2,5,11-12H,10H2,1H3. The summed E-state index contributed by atoms with van der Waals surface area (Å²) >= 11 is 6.64. The Morgan fingerprint density at radius 2 is 2.33 bits per heavy atom. The zero-order chi connectivity index (χ0) is 9.30. The molecule has 0 amide bonds. The fourth-order valence-corrected chi connectivity index (χ4v) is 2.20. The molecule has 1 aliphatic rings. The average Bonchev–Trinajstić information content (AvgIpc) is 1.96. The lowest BCUT2D eigenvalue weighted by Crippen LogP contribution is -2.32. The summed E-state index contributed by atoms with van der Waals surface area (Å²) in [5.41, 5.74) is 7.28. The molecule has 0 fully saturated rings. The van der Waals surface area contributed by atoms with Crippen LogP contribution < -0.4 is 11.1 Å². The largest absolute Gasteiger partial charge is 0.401 e. The Morgan fingerprint density at radius 3 is 2.83 bits per heavy atom. The summed E-state index contributed by atoms with van der Waals surface area (Å²) in [6.45, 7) is 1.77. The third kappa shape index (κ3) is 1.90. The van der Waals surface area contributed by atoms with Crippen LogP contribution in [-0.4, -0.2) is 10.7 Å². The lowest BCUT2D eigenvalue weighted by molar-refractivity contribution is 0.873. The zero-order valence-corrected chi connectivity index (χ0v) is 9.66. The maximum Gasteiger partial charge on any atom is 0.102 e. The number of allylic oxidation sites excluding steroid dienone is 2. The van der Waals surface area contributed by atoms with E-state index in [1.165, 1.54) is 0 Å². The molecule has 0 aromatic heterocycles. The monoisotopic (exact) mass is 293 g/mol. The Bertz CT molecular complexity index is 276. The van der Waals surface area contributed by atoms with E-state index in [1.807, 2.05) is 6.08 Å². The van der Waals surface area contributed by atoms with Crippen LogP contribution in [0.15, 0.2) is 22.0 Å². The Kier molecular flexibility index (Phi) is 2.95. The second-order valence-electron chi connectivity index (χ2n) is 2.49. The summed E-state index contributed by atoms with van der Waals surface area (Å²) in [6.07, 6.45) is 1.86. The van der Waals surface area contributed by atoms with Crippen LogP contribution in [0.4, 0.5) is 0 Å². The predicted octanol–water partition coefficient (Wildman–Crippen LogP) is 1.80. The lowest BCUT2D eigenvalue weighted by atomic mass is 10.1. The average molecular weight is 295 g/mol. The molecule has 1 aliphatic heterocycles. The van der Waals surface area contributed by atoms with Gasteiger partial charge in [0.15, 0.2) is 0 Å². The first kappa shape index (κ1) is 9.80. The van der Waals surface area contributed by atoms with E-state index in [9.17, 15) is 0 Å². The van der Waals surface area contributed by atoms with Crippen molar-refractivity contribution in [1.82, 2.24) is 5.32 Å². The van der Waals surface area contributed by atoms with E-state index in [4.69, 9.17) is 11.1 Å². The molecule has 0 aromatic rings. The molecule has 0 saturated carbocycles. The van der Waals surface area contributed by atoms with Crippen molar-refractivity contribution in [2.24, 2.45) is 5.73 Å². The number of hydrogen-bond acceptors (Lipinski definition) is 3. The zero-order valence-electron chi connectivity index (χ0n) is 6.49. The van der Waals surface area contributed by atoms with Crippen LogP contribution in [-0.2, 0) is 0 Å². The number of hydrogen-bond donors (Lipinski definition) is 3. The van der Waals surface area contributed by atoms with Gasteiger partial charge in [0.25, 0.3) is 0 Å². The van der Waals surface area contributed by atoms with Crippen LogP contribution in [0.1, 0.15) is 6.92 Å². The van der Waals surface area contributed by atoms with E-state index in [0.29, 0.717) is 17.1 Å². The molecule has 3 nitrogen and oxygen atoms in total. The first-order chi connectivity index (χ1) is 5.52. The maximum atomic E-state index is 7.64. The van der Waals surface area contributed by atoms with Crippen molar-refractivity contribution < 1.29 is 0 Å². The molecular weight excluding hydrogens is 286 g/mol. The molecule has 0 bridgehead atoms. The number of halogens is 2. The van der Waals surface area contributed by atoms with E-state index in [1.54, 1.807) is 6.92 Å². The first-order valence-corrected chi connectivity index (χ1v) is 5.07. The van der Waals surface area contributed by atoms with Crippen LogP contribution in [0, 0.1) is 5.41 Å². The van der Waals surface area contributed by atoms with Crippen molar-refractivity contribution >= 4 is 37.6 Å². The molecular formula is C7H9Br2N3. The van der Waals surface area contributed by atoms with Gasteiger partial charge >= 0.3 is 0 Å². The molecule has 0 spiro atoms. The van der Waals surface area contributed by atoms with Crippen LogP contribution >= 0.6 is 31.9 Å².